The maximum Gasteiger partial charge on any atom is 0.251 e. The van der Waals surface area contributed by atoms with Crippen molar-refractivity contribution in [2.75, 3.05) is 18.4 Å². The summed E-state index contributed by atoms with van der Waals surface area (Å²) in [4.78, 5) is 24.1. The van der Waals surface area contributed by atoms with Crippen molar-refractivity contribution in [3.05, 3.63) is 29.3 Å². The van der Waals surface area contributed by atoms with E-state index in [0.717, 1.165) is 24.1 Å². The quantitative estimate of drug-likeness (QED) is 0.713. The van der Waals surface area contributed by atoms with Gasteiger partial charge in [0.15, 0.2) is 0 Å². The number of amides is 2. The van der Waals surface area contributed by atoms with E-state index in [1.165, 1.54) is 0 Å². The van der Waals surface area contributed by atoms with Crippen molar-refractivity contribution >= 4 is 17.5 Å². The van der Waals surface area contributed by atoms with E-state index in [9.17, 15) is 14.9 Å². The van der Waals surface area contributed by atoms with Gasteiger partial charge in [-0.1, -0.05) is 6.07 Å². The van der Waals surface area contributed by atoms with Gasteiger partial charge in [0.25, 0.3) is 5.91 Å². The summed E-state index contributed by atoms with van der Waals surface area (Å²) in [6.07, 6.45) is 1.96. The Labute approximate surface area is 142 Å². The molecule has 1 saturated carbocycles. The first kappa shape index (κ1) is 17.8. The van der Waals surface area contributed by atoms with Crippen LogP contribution < -0.4 is 16.0 Å². The van der Waals surface area contributed by atoms with Crippen molar-refractivity contribution in [1.82, 2.24) is 10.6 Å². The van der Waals surface area contributed by atoms with Gasteiger partial charge in [-0.25, -0.2) is 0 Å². The number of aryl methyl sites for hydroxylation is 1. The number of carbonyl (C=O) groups excluding carboxylic acids is 2. The second-order valence-electron chi connectivity index (χ2n) is 6.38. The number of nitriles is 1. The molecule has 0 bridgehead atoms. The lowest BCUT2D eigenvalue weighted by Crippen LogP contribution is -2.48. The lowest BCUT2D eigenvalue weighted by molar-refractivity contribution is -0.120. The first-order chi connectivity index (χ1) is 11.4. The summed E-state index contributed by atoms with van der Waals surface area (Å²) in [5.41, 5.74) is 1.43. The Hall–Kier alpha value is -2.55. The summed E-state index contributed by atoms with van der Waals surface area (Å²) in [6, 6.07) is 7.54. The van der Waals surface area contributed by atoms with E-state index < -0.39 is 5.54 Å². The summed E-state index contributed by atoms with van der Waals surface area (Å²) in [7, 11) is 0. The largest absolute Gasteiger partial charge is 0.376 e. The summed E-state index contributed by atoms with van der Waals surface area (Å²) < 4.78 is 0. The molecule has 0 aliphatic heterocycles. The lowest BCUT2D eigenvalue weighted by Gasteiger charge is -2.23. The molecular formula is C18H24N4O2. The van der Waals surface area contributed by atoms with Crippen LogP contribution in [0.5, 0.6) is 0 Å². The zero-order valence-corrected chi connectivity index (χ0v) is 14.4. The molecule has 1 aliphatic carbocycles. The van der Waals surface area contributed by atoms with Crippen molar-refractivity contribution in [2.45, 2.75) is 39.2 Å². The van der Waals surface area contributed by atoms with Crippen molar-refractivity contribution in [3.8, 4) is 6.07 Å². The van der Waals surface area contributed by atoms with Gasteiger partial charge >= 0.3 is 0 Å². The van der Waals surface area contributed by atoms with E-state index in [-0.39, 0.29) is 24.3 Å². The Bertz CT molecular complexity index is 676. The minimum absolute atomic E-state index is 0.0592. The molecule has 0 saturated heterocycles. The second kappa shape index (κ2) is 7.35. The van der Waals surface area contributed by atoms with Crippen LogP contribution in [0.2, 0.25) is 0 Å². The highest BCUT2D eigenvalue weighted by Gasteiger charge is 2.42. The Balaban J connectivity index is 1.98. The van der Waals surface area contributed by atoms with Gasteiger partial charge in [-0.3, -0.25) is 9.59 Å². The van der Waals surface area contributed by atoms with E-state index in [1.54, 1.807) is 19.1 Å². The van der Waals surface area contributed by atoms with Gasteiger partial charge in [0.2, 0.25) is 5.91 Å². The predicted octanol–water partition coefficient (Wildman–Crippen LogP) is 1.97. The third-order valence-electron chi connectivity index (χ3n) is 4.30. The molecule has 1 aromatic rings. The summed E-state index contributed by atoms with van der Waals surface area (Å²) >= 11 is 0. The molecule has 6 heteroatoms. The van der Waals surface area contributed by atoms with Crippen molar-refractivity contribution in [1.29, 1.82) is 5.26 Å². The smallest absolute Gasteiger partial charge is 0.251 e. The SMILES string of the molecule is CCNC(=O)c1ccc(C)c(NCC(=O)N[C@@](C)(C#N)C2CC2)c1. The fraction of sp³-hybridized carbons (Fsp3) is 0.500. The predicted molar refractivity (Wildman–Crippen MR) is 92.6 cm³/mol. The highest BCUT2D eigenvalue weighted by Crippen LogP contribution is 2.39. The lowest BCUT2D eigenvalue weighted by atomic mass is 9.98. The molecule has 2 amide bonds. The third-order valence-corrected chi connectivity index (χ3v) is 4.30. The van der Waals surface area contributed by atoms with Crippen LogP contribution in [0.3, 0.4) is 0 Å². The van der Waals surface area contributed by atoms with Crippen LogP contribution in [0.25, 0.3) is 0 Å². The number of rotatable bonds is 7. The minimum Gasteiger partial charge on any atom is -0.376 e. The average Bonchev–Trinajstić information content (AvgIpc) is 3.39. The molecule has 0 unspecified atom stereocenters. The van der Waals surface area contributed by atoms with E-state index in [2.05, 4.69) is 22.0 Å². The molecule has 0 heterocycles. The number of nitrogens with one attached hydrogen (secondary N) is 3. The van der Waals surface area contributed by atoms with Crippen molar-refractivity contribution in [3.63, 3.8) is 0 Å². The molecule has 1 atom stereocenters. The van der Waals surface area contributed by atoms with Crippen LogP contribution in [0, 0.1) is 24.2 Å². The number of anilines is 1. The molecule has 1 aromatic carbocycles. The molecular weight excluding hydrogens is 304 g/mol. The maximum absolute atomic E-state index is 12.2. The first-order valence-electron chi connectivity index (χ1n) is 8.24. The molecule has 128 valence electrons. The van der Waals surface area contributed by atoms with Gasteiger partial charge < -0.3 is 16.0 Å². The molecule has 3 N–H and O–H groups in total. The highest BCUT2D eigenvalue weighted by atomic mass is 16.2. The normalized spacial score (nSPS) is 15.8. The number of nitrogens with zero attached hydrogens (tertiary/aromatic N) is 1. The van der Waals surface area contributed by atoms with Gasteiger partial charge in [0, 0.05) is 17.8 Å². The van der Waals surface area contributed by atoms with Crippen molar-refractivity contribution < 1.29 is 9.59 Å². The van der Waals surface area contributed by atoms with Crippen LogP contribution in [0.15, 0.2) is 18.2 Å². The molecule has 6 nitrogen and oxygen atoms in total. The number of hydrogen-bond donors (Lipinski definition) is 3. The fourth-order valence-corrected chi connectivity index (χ4v) is 2.61. The topological polar surface area (TPSA) is 94.0 Å². The summed E-state index contributed by atoms with van der Waals surface area (Å²) in [5.74, 6) is -0.126. The van der Waals surface area contributed by atoms with E-state index in [1.807, 2.05) is 19.9 Å². The third kappa shape index (κ3) is 4.25. The Kier molecular flexibility index (Phi) is 5.45. The van der Waals surface area contributed by atoms with Gasteiger partial charge in [-0.05, 0) is 57.2 Å². The minimum atomic E-state index is -0.795. The maximum atomic E-state index is 12.2. The molecule has 1 fully saturated rings. The first-order valence-corrected chi connectivity index (χ1v) is 8.24. The Morgan fingerprint density at radius 3 is 2.67 bits per heavy atom. The highest BCUT2D eigenvalue weighted by molar-refractivity contribution is 5.95. The van der Waals surface area contributed by atoms with Gasteiger partial charge in [0.1, 0.15) is 5.54 Å². The van der Waals surface area contributed by atoms with Crippen LogP contribution in [0.1, 0.15) is 42.6 Å². The Morgan fingerprint density at radius 2 is 2.08 bits per heavy atom. The zero-order chi connectivity index (χ0) is 17.7. The number of hydrogen-bond acceptors (Lipinski definition) is 4. The molecule has 1 aliphatic rings. The monoisotopic (exact) mass is 328 g/mol. The molecule has 2 rings (SSSR count). The fourth-order valence-electron chi connectivity index (χ4n) is 2.61. The number of benzene rings is 1. The van der Waals surface area contributed by atoms with Crippen LogP contribution >= 0.6 is 0 Å². The standard InChI is InChI=1S/C18H24N4O2/c1-4-20-17(24)13-6-5-12(2)15(9-13)21-10-16(23)22-18(3,11-19)14-7-8-14/h5-6,9,14,21H,4,7-8,10H2,1-3H3,(H,20,24)(H,22,23)/t18-/m0/s1. The number of carbonyl (C=O) groups is 2. The molecule has 24 heavy (non-hydrogen) atoms. The summed E-state index contributed by atoms with van der Waals surface area (Å²) in [5, 5.41) is 17.9. The Morgan fingerprint density at radius 1 is 1.38 bits per heavy atom. The van der Waals surface area contributed by atoms with E-state index >= 15 is 0 Å². The zero-order valence-electron chi connectivity index (χ0n) is 14.4. The van der Waals surface area contributed by atoms with E-state index in [0.29, 0.717) is 12.1 Å². The van der Waals surface area contributed by atoms with Crippen LogP contribution in [-0.2, 0) is 4.79 Å². The van der Waals surface area contributed by atoms with Gasteiger partial charge in [0.05, 0.1) is 12.6 Å². The molecule has 0 spiro atoms. The van der Waals surface area contributed by atoms with Gasteiger partial charge in [-0.15, -0.1) is 0 Å². The van der Waals surface area contributed by atoms with Crippen molar-refractivity contribution in [2.24, 2.45) is 5.92 Å². The second-order valence-corrected chi connectivity index (χ2v) is 6.38. The van der Waals surface area contributed by atoms with Gasteiger partial charge in [-0.2, -0.15) is 5.26 Å². The van der Waals surface area contributed by atoms with E-state index in [4.69, 9.17) is 0 Å². The van der Waals surface area contributed by atoms with Crippen LogP contribution in [-0.4, -0.2) is 30.4 Å². The van der Waals surface area contributed by atoms with Crippen LogP contribution in [0.4, 0.5) is 5.69 Å². The average molecular weight is 328 g/mol. The molecule has 0 radical (unpaired) electrons. The summed E-state index contributed by atoms with van der Waals surface area (Å²) in [6.45, 7) is 6.16. The molecule has 0 aromatic heterocycles.